The molecule has 1 unspecified atom stereocenters. The maximum atomic E-state index is 12.4. The number of benzene rings is 1. The molecule has 126 valence electrons. The number of nitrogens with zero attached hydrogens (tertiary/aromatic N) is 1. The van der Waals surface area contributed by atoms with Crippen molar-refractivity contribution in [1.29, 1.82) is 0 Å². The minimum absolute atomic E-state index is 0.188. The highest BCUT2D eigenvalue weighted by Crippen LogP contribution is 2.25. The number of thioether (sulfide) groups is 1. The molecule has 2 amide bonds. The largest absolute Gasteiger partial charge is 0.406 e. The summed E-state index contributed by atoms with van der Waals surface area (Å²) in [6.07, 6.45) is -2.68. The van der Waals surface area contributed by atoms with Gasteiger partial charge in [0.05, 0.1) is 5.92 Å². The van der Waals surface area contributed by atoms with Crippen LogP contribution in [0.5, 0.6) is 0 Å². The number of hydrogen-bond acceptors (Lipinski definition) is 3. The molecule has 2 rings (SSSR count). The van der Waals surface area contributed by atoms with E-state index in [9.17, 15) is 22.8 Å². The van der Waals surface area contributed by atoms with Gasteiger partial charge in [0.25, 0.3) is 0 Å². The second kappa shape index (κ2) is 7.25. The van der Waals surface area contributed by atoms with Crippen LogP contribution in [0, 0.1) is 5.92 Å². The number of nitrogens with one attached hydrogen (secondary N) is 1. The Balaban J connectivity index is 1.96. The van der Waals surface area contributed by atoms with Crippen molar-refractivity contribution in [2.75, 3.05) is 24.7 Å². The number of likely N-dealkylation sites (tertiary alicyclic amines) is 1. The summed E-state index contributed by atoms with van der Waals surface area (Å²) in [5.41, 5.74) is 1.62. The first-order chi connectivity index (χ1) is 10.8. The SMILES string of the molecule is CSCc1cccc(NC(=O)C2CC(=O)N(CC(F)(F)F)C2)c1. The van der Waals surface area contributed by atoms with Crippen molar-refractivity contribution in [2.45, 2.75) is 18.3 Å². The molecule has 1 saturated heterocycles. The highest BCUT2D eigenvalue weighted by molar-refractivity contribution is 7.97. The zero-order valence-corrected chi connectivity index (χ0v) is 13.3. The highest BCUT2D eigenvalue weighted by Gasteiger charge is 2.40. The van der Waals surface area contributed by atoms with E-state index in [1.807, 2.05) is 18.4 Å². The molecule has 4 nitrogen and oxygen atoms in total. The van der Waals surface area contributed by atoms with Gasteiger partial charge in [-0.15, -0.1) is 0 Å². The molecule has 0 bridgehead atoms. The van der Waals surface area contributed by atoms with Crippen LogP contribution in [-0.2, 0) is 15.3 Å². The monoisotopic (exact) mass is 346 g/mol. The zero-order valence-electron chi connectivity index (χ0n) is 12.5. The zero-order chi connectivity index (χ0) is 17.0. The summed E-state index contributed by atoms with van der Waals surface area (Å²) >= 11 is 1.64. The number of halogens is 3. The Bertz CT molecular complexity index is 592. The van der Waals surface area contributed by atoms with Crippen LogP contribution in [0.4, 0.5) is 18.9 Å². The van der Waals surface area contributed by atoms with Gasteiger partial charge in [-0.25, -0.2) is 0 Å². The Morgan fingerprint density at radius 1 is 1.43 bits per heavy atom. The quantitative estimate of drug-likeness (QED) is 0.892. The molecule has 1 aliphatic rings. The summed E-state index contributed by atoms with van der Waals surface area (Å²) in [4.78, 5) is 24.5. The van der Waals surface area contributed by atoms with Crippen LogP contribution in [0.15, 0.2) is 24.3 Å². The number of carbonyl (C=O) groups excluding carboxylic acids is 2. The third-order valence-electron chi connectivity index (χ3n) is 3.46. The molecule has 1 aromatic rings. The fourth-order valence-corrected chi connectivity index (χ4v) is 2.98. The smallest absolute Gasteiger partial charge is 0.333 e. The number of carbonyl (C=O) groups is 2. The Morgan fingerprint density at radius 3 is 2.83 bits per heavy atom. The lowest BCUT2D eigenvalue weighted by Crippen LogP contribution is -2.36. The minimum Gasteiger partial charge on any atom is -0.333 e. The van der Waals surface area contributed by atoms with Gasteiger partial charge in [-0.1, -0.05) is 12.1 Å². The molecule has 1 aromatic carbocycles. The second-order valence-corrected chi connectivity index (χ2v) is 6.28. The van der Waals surface area contributed by atoms with Crippen LogP contribution in [0.2, 0.25) is 0 Å². The Hall–Kier alpha value is -1.70. The first-order valence-electron chi connectivity index (χ1n) is 7.02. The van der Waals surface area contributed by atoms with E-state index in [0.717, 1.165) is 11.3 Å². The molecule has 8 heteroatoms. The van der Waals surface area contributed by atoms with Crippen molar-refractivity contribution in [1.82, 2.24) is 4.90 Å². The molecule has 0 aliphatic carbocycles. The van der Waals surface area contributed by atoms with Crippen molar-refractivity contribution in [3.63, 3.8) is 0 Å². The van der Waals surface area contributed by atoms with E-state index in [0.29, 0.717) is 10.6 Å². The first-order valence-corrected chi connectivity index (χ1v) is 8.41. The molecule has 0 aromatic heterocycles. The molecular formula is C15H17F3N2O2S. The molecule has 1 fully saturated rings. The fraction of sp³-hybridized carbons (Fsp3) is 0.467. The summed E-state index contributed by atoms with van der Waals surface area (Å²) in [5.74, 6) is -1.03. The average Bonchev–Trinajstić information content (AvgIpc) is 2.79. The van der Waals surface area contributed by atoms with Crippen LogP contribution in [0.3, 0.4) is 0 Å². The third-order valence-corrected chi connectivity index (χ3v) is 4.08. The molecule has 0 radical (unpaired) electrons. The Labute approximate surface area is 136 Å². The van der Waals surface area contributed by atoms with Crippen LogP contribution in [-0.4, -0.2) is 42.2 Å². The summed E-state index contributed by atoms with van der Waals surface area (Å²) < 4.78 is 37.1. The first kappa shape index (κ1) is 17.7. The predicted molar refractivity (Wildman–Crippen MR) is 83.0 cm³/mol. The third kappa shape index (κ3) is 5.16. The van der Waals surface area contributed by atoms with Gasteiger partial charge in [-0.3, -0.25) is 9.59 Å². The van der Waals surface area contributed by atoms with Gasteiger partial charge < -0.3 is 10.2 Å². The van der Waals surface area contributed by atoms with Crippen molar-refractivity contribution in [3.8, 4) is 0 Å². The lowest BCUT2D eigenvalue weighted by Gasteiger charge is -2.18. The van der Waals surface area contributed by atoms with E-state index in [4.69, 9.17) is 0 Å². The Kier molecular flexibility index (Phi) is 5.56. The second-order valence-electron chi connectivity index (χ2n) is 5.41. The van der Waals surface area contributed by atoms with Crippen molar-refractivity contribution < 1.29 is 22.8 Å². The van der Waals surface area contributed by atoms with Gasteiger partial charge in [0.2, 0.25) is 11.8 Å². The molecule has 0 saturated carbocycles. The van der Waals surface area contributed by atoms with Gasteiger partial charge in [0.1, 0.15) is 6.54 Å². The number of rotatable bonds is 5. The summed E-state index contributed by atoms with van der Waals surface area (Å²) in [7, 11) is 0. The molecule has 0 spiro atoms. The molecule has 1 N–H and O–H groups in total. The van der Waals surface area contributed by atoms with Gasteiger partial charge in [-0.2, -0.15) is 24.9 Å². The fourth-order valence-electron chi connectivity index (χ4n) is 2.47. The van der Waals surface area contributed by atoms with E-state index in [1.54, 1.807) is 23.9 Å². The molecule has 1 atom stereocenters. The predicted octanol–water partition coefficient (Wildman–Crippen LogP) is 2.90. The van der Waals surface area contributed by atoms with E-state index in [1.165, 1.54) is 0 Å². The molecule has 1 heterocycles. The normalized spacial score (nSPS) is 18.3. The summed E-state index contributed by atoms with van der Waals surface area (Å²) in [6.45, 7) is -1.51. The van der Waals surface area contributed by atoms with Crippen LogP contribution >= 0.6 is 11.8 Å². The van der Waals surface area contributed by atoms with Gasteiger partial charge in [0, 0.05) is 24.4 Å². The van der Waals surface area contributed by atoms with Gasteiger partial charge in [0.15, 0.2) is 0 Å². The van der Waals surface area contributed by atoms with Crippen molar-refractivity contribution in [2.24, 2.45) is 5.92 Å². The van der Waals surface area contributed by atoms with Crippen LogP contribution < -0.4 is 5.32 Å². The van der Waals surface area contributed by atoms with Crippen molar-refractivity contribution >= 4 is 29.3 Å². The van der Waals surface area contributed by atoms with Crippen LogP contribution in [0.25, 0.3) is 0 Å². The molecule has 23 heavy (non-hydrogen) atoms. The molecule has 1 aliphatic heterocycles. The maximum Gasteiger partial charge on any atom is 0.406 e. The highest BCUT2D eigenvalue weighted by atomic mass is 32.2. The van der Waals surface area contributed by atoms with E-state index in [-0.39, 0.29) is 13.0 Å². The topological polar surface area (TPSA) is 49.4 Å². The average molecular weight is 346 g/mol. The molecular weight excluding hydrogens is 329 g/mol. The number of hydrogen-bond donors (Lipinski definition) is 1. The van der Waals surface area contributed by atoms with E-state index >= 15 is 0 Å². The van der Waals surface area contributed by atoms with Crippen LogP contribution in [0.1, 0.15) is 12.0 Å². The number of alkyl halides is 3. The Morgan fingerprint density at radius 2 is 2.17 bits per heavy atom. The summed E-state index contributed by atoms with van der Waals surface area (Å²) in [5, 5.41) is 2.68. The summed E-state index contributed by atoms with van der Waals surface area (Å²) in [6, 6.07) is 7.26. The number of anilines is 1. The van der Waals surface area contributed by atoms with Gasteiger partial charge >= 0.3 is 6.18 Å². The maximum absolute atomic E-state index is 12.4. The lowest BCUT2D eigenvalue weighted by atomic mass is 10.1. The minimum atomic E-state index is -4.45. The van der Waals surface area contributed by atoms with Crippen molar-refractivity contribution in [3.05, 3.63) is 29.8 Å². The lowest BCUT2D eigenvalue weighted by molar-refractivity contribution is -0.157. The van der Waals surface area contributed by atoms with Gasteiger partial charge in [-0.05, 0) is 24.0 Å². The number of amides is 2. The van der Waals surface area contributed by atoms with E-state index < -0.39 is 30.5 Å². The van der Waals surface area contributed by atoms with E-state index in [2.05, 4.69) is 5.32 Å². The standard InChI is InChI=1S/C15H17F3N2O2S/c1-23-8-10-3-2-4-12(5-10)19-14(22)11-6-13(21)20(7-11)9-15(16,17)18/h2-5,11H,6-9H2,1H3,(H,19,22).